The molecular weight excluding hydrogens is 348 g/mol. The fraction of sp³-hybridized carbons (Fsp3) is 0.862. The molecule has 0 nitrogen and oxygen atoms in total. The summed E-state index contributed by atoms with van der Waals surface area (Å²) < 4.78 is 0. The van der Waals surface area contributed by atoms with Crippen LogP contribution in [0.3, 0.4) is 0 Å². The van der Waals surface area contributed by atoms with Crippen molar-refractivity contribution in [3.8, 4) is 0 Å². The minimum Gasteiger partial charge on any atom is -0.0885 e. The Labute approximate surface area is 186 Å². The Morgan fingerprint density at radius 1 is 0.276 bits per heavy atom. The third kappa shape index (κ3) is 27.5. The Balaban J connectivity index is 3.09. The molecule has 0 spiro atoms. The molecule has 0 bridgehead atoms. The molecule has 0 aliphatic heterocycles. The predicted octanol–water partition coefficient (Wildman–Crippen LogP) is 11.1. The zero-order valence-electron chi connectivity index (χ0n) is 20.6. The van der Waals surface area contributed by atoms with E-state index in [2.05, 4.69) is 38.2 Å². The standard InChI is InChI=1S/C29H56/c1-3-5-7-9-11-13-15-17-19-21-23-25-27-29-28-26-24-22-20-18-16-14-12-10-8-6-4-2/h13,15-16,18H,3-12,14,17,19-29H2,1-2H3. The van der Waals surface area contributed by atoms with Crippen LogP contribution in [0.1, 0.15) is 162 Å². The number of hydrogen-bond donors (Lipinski definition) is 0. The van der Waals surface area contributed by atoms with Crippen molar-refractivity contribution >= 4 is 0 Å². The number of unbranched alkanes of at least 4 members (excludes halogenated alkanes) is 20. The third-order valence-electron chi connectivity index (χ3n) is 6.02. The van der Waals surface area contributed by atoms with Gasteiger partial charge in [0, 0.05) is 0 Å². The Bertz CT molecular complexity index is 325. The lowest BCUT2D eigenvalue weighted by atomic mass is 10.0. The van der Waals surface area contributed by atoms with Crippen LogP contribution in [0.4, 0.5) is 0 Å². The van der Waals surface area contributed by atoms with Gasteiger partial charge in [0.05, 0.1) is 0 Å². The van der Waals surface area contributed by atoms with Gasteiger partial charge < -0.3 is 0 Å². The smallest absolute Gasteiger partial charge is 0.0351 e. The Hall–Kier alpha value is -0.520. The summed E-state index contributed by atoms with van der Waals surface area (Å²) in [4.78, 5) is 0. The van der Waals surface area contributed by atoms with Crippen LogP contribution in [0.15, 0.2) is 24.3 Å². The summed E-state index contributed by atoms with van der Waals surface area (Å²) in [5, 5.41) is 0. The van der Waals surface area contributed by atoms with Crippen molar-refractivity contribution in [2.24, 2.45) is 0 Å². The molecule has 0 aromatic carbocycles. The van der Waals surface area contributed by atoms with Gasteiger partial charge in [0.15, 0.2) is 0 Å². The van der Waals surface area contributed by atoms with Crippen LogP contribution < -0.4 is 0 Å². The molecule has 0 aromatic rings. The highest BCUT2D eigenvalue weighted by molar-refractivity contribution is 4.81. The first kappa shape index (κ1) is 28.5. The molecule has 0 heteroatoms. The van der Waals surface area contributed by atoms with Crippen molar-refractivity contribution in [2.75, 3.05) is 0 Å². The van der Waals surface area contributed by atoms with Crippen LogP contribution >= 0.6 is 0 Å². The van der Waals surface area contributed by atoms with E-state index >= 15 is 0 Å². The second-order valence-electron chi connectivity index (χ2n) is 9.11. The summed E-state index contributed by atoms with van der Waals surface area (Å²) in [6.07, 6.45) is 41.9. The fourth-order valence-corrected chi connectivity index (χ4v) is 3.96. The van der Waals surface area contributed by atoms with Crippen LogP contribution in [0.25, 0.3) is 0 Å². The molecular formula is C29H56. The molecule has 0 unspecified atom stereocenters. The van der Waals surface area contributed by atoms with E-state index in [1.54, 1.807) is 0 Å². The molecule has 0 atom stereocenters. The first-order chi connectivity index (χ1) is 14.4. The second kappa shape index (κ2) is 27.5. The first-order valence-electron chi connectivity index (χ1n) is 13.7. The Kier molecular flexibility index (Phi) is 27.0. The minimum atomic E-state index is 1.30. The molecule has 0 saturated heterocycles. The highest BCUT2D eigenvalue weighted by atomic mass is 14.0. The van der Waals surface area contributed by atoms with Gasteiger partial charge >= 0.3 is 0 Å². The predicted molar refractivity (Wildman–Crippen MR) is 136 cm³/mol. The van der Waals surface area contributed by atoms with E-state index in [1.807, 2.05) is 0 Å². The molecule has 29 heavy (non-hydrogen) atoms. The molecule has 0 radical (unpaired) electrons. The van der Waals surface area contributed by atoms with Gasteiger partial charge in [0.1, 0.15) is 0 Å². The van der Waals surface area contributed by atoms with E-state index in [4.69, 9.17) is 0 Å². The van der Waals surface area contributed by atoms with Crippen molar-refractivity contribution in [3.63, 3.8) is 0 Å². The highest BCUT2D eigenvalue weighted by Gasteiger charge is 1.93. The number of rotatable bonds is 24. The fourth-order valence-electron chi connectivity index (χ4n) is 3.96. The average molecular weight is 405 g/mol. The summed E-state index contributed by atoms with van der Waals surface area (Å²) in [7, 11) is 0. The lowest BCUT2D eigenvalue weighted by Crippen LogP contribution is -1.82. The van der Waals surface area contributed by atoms with E-state index < -0.39 is 0 Å². The normalized spacial score (nSPS) is 11.9. The van der Waals surface area contributed by atoms with Crippen molar-refractivity contribution in [1.82, 2.24) is 0 Å². The van der Waals surface area contributed by atoms with E-state index in [-0.39, 0.29) is 0 Å². The summed E-state index contributed by atoms with van der Waals surface area (Å²) in [5.74, 6) is 0. The average Bonchev–Trinajstić information content (AvgIpc) is 2.74. The SMILES string of the molecule is CCCCCCC=CCCCCCCCCCCCCC=CCCCCCCC. The van der Waals surface area contributed by atoms with E-state index in [0.717, 1.165) is 0 Å². The van der Waals surface area contributed by atoms with E-state index in [0.29, 0.717) is 0 Å². The molecule has 0 fully saturated rings. The lowest BCUT2D eigenvalue weighted by Gasteiger charge is -2.02. The maximum atomic E-state index is 2.43. The first-order valence-corrected chi connectivity index (χ1v) is 13.7. The molecule has 0 rings (SSSR count). The van der Waals surface area contributed by atoms with Gasteiger partial charge in [0.25, 0.3) is 0 Å². The Morgan fingerprint density at radius 3 is 0.759 bits per heavy atom. The van der Waals surface area contributed by atoms with Gasteiger partial charge in [-0.1, -0.05) is 134 Å². The van der Waals surface area contributed by atoms with Crippen molar-refractivity contribution in [3.05, 3.63) is 24.3 Å². The van der Waals surface area contributed by atoms with Gasteiger partial charge in [-0.15, -0.1) is 0 Å². The minimum absolute atomic E-state index is 1.30. The molecule has 172 valence electrons. The van der Waals surface area contributed by atoms with E-state index in [9.17, 15) is 0 Å². The second-order valence-corrected chi connectivity index (χ2v) is 9.11. The van der Waals surface area contributed by atoms with Crippen molar-refractivity contribution < 1.29 is 0 Å². The van der Waals surface area contributed by atoms with Crippen LogP contribution in [0.5, 0.6) is 0 Å². The van der Waals surface area contributed by atoms with Gasteiger partial charge in [-0.25, -0.2) is 0 Å². The largest absolute Gasteiger partial charge is 0.0885 e. The molecule has 0 heterocycles. The topological polar surface area (TPSA) is 0 Å². The van der Waals surface area contributed by atoms with Gasteiger partial charge in [0.2, 0.25) is 0 Å². The molecule has 0 saturated carbocycles. The number of hydrogen-bond acceptors (Lipinski definition) is 0. The maximum absolute atomic E-state index is 2.43. The Morgan fingerprint density at radius 2 is 0.483 bits per heavy atom. The van der Waals surface area contributed by atoms with E-state index in [1.165, 1.54) is 148 Å². The molecule has 0 aromatic heterocycles. The molecule has 0 amide bonds. The van der Waals surface area contributed by atoms with Crippen LogP contribution in [-0.2, 0) is 0 Å². The van der Waals surface area contributed by atoms with Crippen LogP contribution in [0.2, 0.25) is 0 Å². The quantitative estimate of drug-likeness (QED) is 0.111. The summed E-state index contributed by atoms with van der Waals surface area (Å²) in [6, 6.07) is 0. The van der Waals surface area contributed by atoms with Gasteiger partial charge in [-0.2, -0.15) is 0 Å². The summed E-state index contributed by atoms with van der Waals surface area (Å²) >= 11 is 0. The summed E-state index contributed by atoms with van der Waals surface area (Å²) in [5.41, 5.74) is 0. The monoisotopic (exact) mass is 404 g/mol. The number of allylic oxidation sites excluding steroid dienone is 4. The third-order valence-corrected chi connectivity index (χ3v) is 6.02. The van der Waals surface area contributed by atoms with Crippen LogP contribution in [-0.4, -0.2) is 0 Å². The zero-order valence-corrected chi connectivity index (χ0v) is 20.6. The van der Waals surface area contributed by atoms with Gasteiger partial charge in [-0.05, 0) is 51.4 Å². The maximum Gasteiger partial charge on any atom is -0.0351 e. The van der Waals surface area contributed by atoms with Crippen molar-refractivity contribution in [1.29, 1.82) is 0 Å². The van der Waals surface area contributed by atoms with Gasteiger partial charge in [-0.3, -0.25) is 0 Å². The van der Waals surface area contributed by atoms with Crippen molar-refractivity contribution in [2.45, 2.75) is 162 Å². The molecule has 0 aliphatic rings. The van der Waals surface area contributed by atoms with Crippen LogP contribution in [0, 0.1) is 0 Å². The molecule has 0 aliphatic carbocycles. The highest BCUT2D eigenvalue weighted by Crippen LogP contribution is 2.13. The molecule has 0 N–H and O–H groups in total. The summed E-state index contributed by atoms with van der Waals surface area (Å²) in [6.45, 7) is 4.57. The zero-order chi connectivity index (χ0) is 21.1. The lowest BCUT2D eigenvalue weighted by molar-refractivity contribution is 0.553.